The molecule has 0 aliphatic rings. The lowest BCUT2D eigenvalue weighted by atomic mass is 10.1. The smallest absolute Gasteiger partial charge is 0.408 e. The van der Waals surface area contributed by atoms with Crippen LogP contribution in [0.1, 0.15) is 44.7 Å². The topological polar surface area (TPSA) is 280 Å². The Morgan fingerprint density at radius 1 is 0.891 bits per heavy atom. The summed E-state index contributed by atoms with van der Waals surface area (Å²) in [6.07, 6.45) is 2.63. The number of rotatable bonds is 12. The summed E-state index contributed by atoms with van der Waals surface area (Å²) in [5, 5.41) is 38.9. The van der Waals surface area contributed by atoms with Gasteiger partial charge in [-0.2, -0.15) is 0 Å². The summed E-state index contributed by atoms with van der Waals surface area (Å²) in [7, 11) is 0. The highest BCUT2D eigenvalue weighted by Crippen LogP contribution is 2.18. The molecule has 0 aliphatic heterocycles. The van der Waals surface area contributed by atoms with Gasteiger partial charge >= 0.3 is 24.0 Å². The first-order chi connectivity index (χ1) is 21.5. The fourth-order valence-electron chi connectivity index (χ4n) is 3.79. The second-order valence-corrected chi connectivity index (χ2v) is 11.2. The second kappa shape index (κ2) is 19.3. The molecule has 1 heterocycles. The van der Waals surface area contributed by atoms with E-state index in [1.807, 2.05) is 60.8 Å². The number of carbonyl (C=O) groups excluding carboxylic acids is 1. The monoisotopic (exact) mass is 643 g/mol. The molecule has 46 heavy (non-hydrogen) atoms. The number of para-hydroxylation sites is 1. The summed E-state index contributed by atoms with van der Waals surface area (Å²) in [5.74, 6) is -3.17. The summed E-state index contributed by atoms with van der Waals surface area (Å²) < 4.78 is 5.04. The number of carbonyl (C=O) groups is 4. The van der Waals surface area contributed by atoms with Crippen LogP contribution in [0.3, 0.4) is 0 Å². The molecule has 13 N–H and O–H groups in total. The van der Waals surface area contributed by atoms with Gasteiger partial charge in [-0.05, 0) is 50.8 Å². The molecule has 0 aliphatic carbocycles. The van der Waals surface area contributed by atoms with Crippen molar-refractivity contribution in [1.29, 1.82) is 5.41 Å². The third kappa shape index (κ3) is 16.1. The third-order valence-electron chi connectivity index (χ3n) is 6.03. The molecule has 15 heteroatoms. The first-order valence-corrected chi connectivity index (χ1v) is 14.4. The molecule has 3 rings (SSSR count). The molecular weight excluding hydrogens is 598 g/mol. The molecule has 0 fully saturated rings. The number of nitrogens with two attached hydrogens (primary N) is 3. The second-order valence-electron chi connectivity index (χ2n) is 11.2. The van der Waals surface area contributed by atoms with E-state index in [1.54, 1.807) is 20.8 Å². The molecule has 0 spiro atoms. The van der Waals surface area contributed by atoms with Gasteiger partial charge < -0.3 is 52.9 Å². The van der Waals surface area contributed by atoms with E-state index in [2.05, 4.69) is 15.6 Å². The summed E-state index contributed by atoms with van der Waals surface area (Å²) in [6, 6.07) is 14.2. The lowest BCUT2D eigenvalue weighted by molar-refractivity contribution is -0.140. The van der Waals surface area contributed by atoms with Crippen LogP contribution in [-0.4, -0.2) is 80.5 Å². The van der Waals surface area contributed by atoms with Crippen LogP contribution in [0.25, 0.3) is 10.9 Å². The lowest BCUT2D eigenvalue weighted by Gasteiger charge is -2.22. The summed E-state index contributed by atoms with van der Waals surface area (Å²) in [6.45, 7) is 5.65. The normalized spacial score (nSPS) is 12.5. The van der Waals surface area contributed by atoms with Crippen molar-refractivity contribution in [1.82, 2.24) is 15.6 Å². The maximum absolute atomic E-state index is 11.6. The van der Waals surface area contributed by atoms with Gasteiger partial charge in [-0.25, -0.2) is 9.59 Å². The minimum Gasteiger partial charge on any atom is -0.480 e. The number of nitrogens with one attached hydrogen (secondary N) is 4. The van der Waals surface area contributed by atoms with Gasteiger partial charge in [0, 0.05) is 36.5 Å². The van der Waals surface area contributed by atoms with Crippen LogP contribution in [0.5, 0.6) is 0 Å². The number of aromatic amines is 1. The van der Waals surface area contributed by atoms with Crippen LogP contribution in [0.2, 0.25) is 0 Å². The van der Waals surface area contributed by atoms with Gasteiger partial charge in [0.25, 0.3) is 0 Å². The molecule has 3 unspecified atom stereocenters. The fourth-order valence-corrected chi connectivity index (χ4v) is 3.79. The van der Waals surface area contributed by atoms with Crippen molar-refractivity contribution in [3.8, 4) is 0 Å². The minimum absolute atomic E-state index is 0.112. The Balaban J connectivity index is 0.000000355. The number of guanidine groups is 1. The van der Waals surface area contributed by atoms with Crippen molar-refractivity contribution >= 4 is 40.9 Å². The Bertz CT molecular complexity index is 1420. The SMILES string of the molecule is CC(C)(C)OC(=O)NC(Cc1ccccc1)C(=O)O.N=C(N)NCCCC(N)C(=O)O.NC(Cc1c[nH]c2ccccc12)C(=O)O. The molecule has 1 amide bonds. The molecular formula is C31H45N7O8. The van der Waals surface area contributed by atoms with E-state index in [-0.39, 0.29) is 12.4 Å². The highest BCUT2D eigenvalue weighted by atomic mass is 16.6. The standard InChI is InChI=1S/C14H19NO4.C11H12N2O2.C6H14N4O2/c1-14(2,3)19-13(18)15-11(12(16)17)9-10-7-5-4-6-8-10;12-9(11(14)15)5-7-6-13-10-4-2-1-3-8(7)10;7-4(5(11)12)2-1-3-10-6(8)9/h4-8,11H,9H2,1-3H3,(H,15,18)(H,16,17);1-4,6,9,13H,5,12H2,(H,14,15);4H,1-3,7H2,(H,11,12)(H4,8,9,10). The lowest BCUT2D eigenvalue weighted by Crippen LogP contribution is -2.44. The third-order valence-corrected chi connectivity index (χ3v) is 6.03. The van der Waals surface area contributed by atoms with E-state index < -0.39 is 47.7 Å². The highest BCUT2D eigenvalue weighted by molar-refractivity contribution is 5.84. The number of H-pyrrole nitrogens is 1. The van der Waals surface area contributed by atoms with Crippen molar-refractivity contribution in [3.05, 3.63) is 71.9 Å². The van der Waals surface area contributed by atoms with Gasteiger partial charge in [-0.3, -0.25) is 15.0 Å². The molecule has 252 valence electrons. The number of aliphatic carboxylic acids is 3. The van der Waals surface area contributed by atoms with E-state index in [0.717, 1.165) is 22.0 Å². The number of fused-ring (bicyclic) bond motifs is 1. The molecule has 3 atom stereocenters. The van der Waals surface area contributed by atoms with Crippen LogP contribution >= 0.6 is 0 Å². The van der Waals surface area contributed by atoms with Crippen molar-refractivity contribution in [3.63, 3.8) is 0 Å². The molecule has 0 radical (unpaired) electrons. The Kier molecular flexibility index (Phi) is 16.3. The van der Waals surface area contributed by atoms with Crippen molar-refractivity contribution in [2.75, 3.05) is 6.54 Å². The van der Waals surface area contributed by atoms with Gasteiger partial charge in [-0.1, -0.05) is 48.5 Å². The predicted octanol–water partition coefficient (Wildman–Crippen LogP) is 1.99. The van der Waals surface area contributed by atoms with Gasteiger partial charge in [0.15, 0.2) is 5.96 Å². The highest BCUT2D eigenvalue weighted by Gasteiger charge is 2.24. The Morgan fingerprint density at radius 2 is 1.48 bits per heavy atom. The molecule has 2 aromatic carbocycles. The number of hydrogen-bond acceptors (Lipinski definition) is 8. The molecule has 15 nitrogen and oxygen atoms in total. The zero-order valence-electron chi connectivity index (χ0n) is 26.2. The van der Waals surface area contributed by atoms with E-state index in [4.69, 9.17) is 42.7 Å². The summed E-state index contributed by atoms with van der Waals surface area (Å²) in [5.41, 5.74) is 17.8. The van der Waals surface area contributed by atoms with Crippen LogP contribution in [0.15, 0.2) is 60.8 Å². The first kappa shape index (κ1) is 38.9. The van der Waals surface area contributed by atoms with Gasteiger partial charge in [0.2, 0.25) is 0 Å². The van der Waals surface area contributed by atoms with E-state index in [9.17, 15) is 19.2 Å². The Morgan fingerprint density at radius 3 is 2.02 bits per heavy atom. The van der Waals surface area contributed by atoms with Gasteiger partial charge in [0.05, 0.1) is 0 Å². The van der Waals surface area contributed by atoms with Gasteiger partial charge in [0.1, 0.15) is 23.7 Å². The van der Waals surface area contributed by atoms with E-state index >= 15 is 0 Å². The Labute approximate surface area is 267 Å². The number of ether oxygens (including phenoxy) is 1. The number of carboxylic acid groups (broad SMARTS) is 3. The number of carboxylic acids is 3. The van der Waals surface area contributed by atoms with Crippen LogP contribution in [0.4, 0.5) is 4.79 Å². The van der Waals surface area contributed by atoms with Crippen LogP contribution in [-0.2, 0) is 32.0 Å². The molecule has 0 saturated heterocycles. The van der Waals surface area contributed by atoms with Crippen molar-refractivity contribution < 1.29 is 39.2 Å². The summed E-state index contributed by atoms with van der Waals surface area (Å²) >= 11 is 0. The van der Waals surface area contributed by atoms with Crippen LogP contribution < -0.4 is 27.8 Å². The molecule has 3 aromatic rings. The van der Waals surface area contributed by atoms with Crippen molar-refractivity contribution in [2.24, 2.45) is 17.2 Å². The van der Waals surface area contributed by atoms with Gasteiger partial charge in [-0.15, -0.1) is 0 Å². The van der Waals surface area contributed by atoms with Crippen molar-refractivity contribution in [2.45, 2.75) is 70.2 Å². The molecule has 0 saturated carbocycles. The number of hydrogen-bond donors (Lipinski definition) is 10. The zero-order valence-corrected chi connectivity index (χ0v) is 26.2. The summed E-state index contributed by atoms with van der Waals surface area (Å²) in [4.78, 5) is 46.6. The Hall–Kier alpha value is -5.15. The van der Waals surface area contributed by atoms with Crippen LogP contribution in [0, 0.1) is 5.41 Å². The molecule has 1 aromatic heterocycles. The molecule has 0 bridgehead atoms. The number of benzene rings is 2. The quantitative estimate of drug-likeness (QED) is 0.0770. The number of aromatic nitrogens is 1. The zero-order chi connectivity index (χ0) is 34.9. The minimum atomic E-state index is -1.09. The first-order valence-electron chi connectivity index (χ1n) is 14.4. The number of alkyl carbamates (subject to hydrolysis) is 1. The largest absolute Gasteiger partial charge is 0.480 e. The fraction of sp³-hybridized carbons (Fsp3) is 0.387. The average molecular weight is 644 g/mol. The maximum atomic E-state index is 11.6. The van der Waals surface area contributed by atoms with E-state index in [1.165, 1.54) is 0 Å². The predicted molar refractivity (Wildman–Crippen MR) is 173 cm³/mol. The number of amides is 1. The maximum Gasteiger partial charge on any atom is 0.408 e. The average Bonchev–Trinajstić information content (AvgIpc) is 3.37. The van der Waals surface area contributed by atoms with E-state index in [0.29, 0.717) is 25.8 Å².